The molecule has 0 unspecified atom stereocenters. The smallest absolute Gasteiger partial charge is 0.369 e. The van der Waals surface area contributed by atoms with Gasteiger partial charge >= 0.3 is 6.18 Å². The van der Waals surface area contributed by atoms with Crippen molar-refractivity contribution in [3.63, 3.8) is 0 Å². The van der Waals surface area contributed by atoms with Gasteiger partial charge in [0.05, 0.1) is 5.75 Å². The van der Waals surface area contributed by atoms with Gasteiger partial charge in [-0.25, -0.2) is 0 Å². The molecular weight excluding hydrogens is 465 g/mol. The molecular formula is C23H25F3N6OS. The number of nitrogens with one attached hydrogen (secondary N) is 1. The molecule has 1 aliphatic heterocycles. The highest BCUT2D eigenvalue weighted by Crippen LogP contribution is 2.23. The summed E-state index contributed by atoms with van der Waals surface area (Å²) in [5, 5.41) is 9.98. The van der Waals surface area contributed by atoms with Crippen molar-refractivity contribution in [3.8, 4) is 0 Å². The average Bonchev–Trinajstić information content (AvgIpc) is 3.25. The Balaban J connectivity index is 1.23. The van der Waals surface area contributed by atoms with Gasteiger partial charge in [0.15, 0.2) is 5.16 Å². The van der Waals surface area contributed by atoms with Gasteiger partial charge in [-0.15, -0.1) is 10.2 Å². The summed E-state index contributed by atoms with van der Waals surface area (Å²) in [5.41, 5.74) is 3.04. The molecule has 1 aliphatic rings. The monoisotopic (exact) mass is 490 g/mol. The number of anilines is 2. The number of thioether (sulfide) groups is 1. The van der Waals surface area contributed by atoms with E-state index in [0.717, 1.165) is 61.1 Å². The van der Waals surface area contributed by atoms with Crippen molar-refractivity contribution in [1.82, 2.24) is 19.7 Å². The van der Waals surface area contributed by atoms with Crippen LogP contribution in [0.4, 0.5) is 24.5 Å². The van der Waals surface area contributed by atoms with E-state index in [2.05, 4.69) is 49.6 Å². The summed E-state index contributed by atoms with van der Waals surface area (Å²) in [6, 6.07) is 18.0. The van der Waals surface area contributed by atoms with Gasteiger partial charge in [0.25, 0.3) is 0 Å². The molecule has 1 saturated heterocycles. The highest BCUT2D eigenvalue weighted by atomic mass is 32.2. The van der Waals surface area contributed by atoms with Crippen LogP contribution in [0.2, 0.25) is 0 Å². The molecule has 1 N–H and O–H groups in total. The molecule has 7 nitrogen and oxygen atoms in total. The summed E-state index contributed by atoms with van der Waals surface area (Å²) in [6.45, 7) is 3.56. The molecule has 11 heteroatoms. The second-order valence-electron chi connectivity index (χ2n) is 7.99. The van der Waals surface area contributed by atoms with Crippen molar-refractivity contribution in [2.45, 2.75) is 24.4 Å². The molecule has 2 aromatic carbocycles. The molecule has 0 spiro atoms. The number of rotatable bonds is 8. The number of nitrogens with zero attached hydrogens (tertiary/aromatic N) is 5. The fraction of sp³-hybridized carbons (Fsp3) is 0.348. The number of piperazine rings is 1. The lowest BCUT2D eigenvalue weighted by Gasteiger charge is -2.36. The van der Waals surface area contributed by atoms with Gasteiger partial charge in [0.2, 0.25) is 5.91 Å². The normalized spacial score (nSPS) is 14.9. The minimum Gasteiger partial charge on any atom is -0.369 e. The van der Waals surface area contributed by atoms with Gasteiger partial charge in [-0.05, 0) is 29.8 Å². The molecule has 0 bridgehead atoms. The zero-order chi connectivity index (χ0) is 24.0. The second kappa shape index (κ2) is 10.9. The molecule has 180 valence electrons. The van der Waals surface area contributed by atoms with E-state index in [9.17, 15) is 18.0 Å². The number of halogens is 3. The van der Waals surface area contributed by atoms with E-state index >= 15 is 0 Å². The Morgan fingerprint density at radius 3 is 2.38 bits per heavy atom. The molecule has 0 atom stereocenters. The first-order chi connectivity index (χ1) is 16.4. The third-order valence-corrected chi connectivity index (χ3v) is 6.38. The maximum atomic E-state index is 12.6. The minimum absolute atomic E-state index is 0.0502. The number of alkyl halides is 3. The van der Waals surface area contributed by atoms with Gasteiger partial charge in [-0.2, -0.15) is 13.2 Å². The topological polar surface area (TPSA) is 66.3 Å². The lowest BCUT2D eigenvalue weighted by atomic mass is 10.2. The first-order valence-corrected chi connectivity index (χ1v) is 11.8. The highest BCUT2D eigenvalue weighted by molar-refractivity contribution is 7.99. The van der Waals surface area contributed by atoms with Crippen molar-refractivity contribution >= 4 is 29.0 Å². The quantitative estimate of drug-likeness (QED) is 0.484. The van der Waals surface area contributed by atoms with E-state index < -0.39 is 12.7 Å². The Labute approximate surface area is 200 Å². The van der Waals surface area contributed by atoms with Crippen LogP contribution in [0.3, 0.4) is 0 Å². The van der Waals surface area contributed by atoms with Crippen LogP contribution in [-0.4, -0.2) is 63.7 Å². The minimum atomic E-state index is -4.38. The summed E-state index contributed by atoms with van der Waals surface area (Å²) in [6.07, 6.45) is -3.37. The van der Waals surface area contributed by atoms with Gasteiger partial charge in [-0.1, -0.05) is 42.1 Å². The molecule has 0 radical (unpaired) electrons. The van der Waals surface area contributed by atoms with Crippen molar-refractivity contribution < 1.29 is 18.0 Å². The van der Waals surface area contributed by atoms with Gasteiger partial charge in [-0.3, -0.25) is 14.3 Å². The lowest BCUT2D eigenvalue weighted by molar-refractivity contribution is -0.142. The van der Waals surface area contributed by atoms with Crippen LogP contribution < -0.4 is 10.2 Å². The van der Waals surface area contributed by atoms with Crippen molar-refractivity contribution in [2.75, 3.05) is 42.1 Å². The Hall–Kier alpha value is -3.05. The Morgan fingerprint density at radius 1 is 1.00 bits per heavy atom. The average molecular weight is 491 g/mol. The molecule has 3 aromatic rings. The van der Waals surface area contributed by atoms with Crippen LogP contribution >= 0.6 is 11.8 Å². The second-order valence-corrected chi connectivity index (χ2v) is 8.93. The van der Waals surface area contributed by atoms with E-state index in [0.29, 0.717) is 5.69 Å². The largest absolute Gasteiger partial charge is 0.406 e. The van der Waals surface area contributed by atoms with Gasteiger partial charge in [0, 0.05) is 44.1 Å². The van der Waals surface area contributed by atoms with E-state index in [4.69, 9.17) is 0 Å². The zero-order valence-corrected chi connectivity index (χ0v) is 19.2. The van der Waals surface area contributed by atoms with Crippen molar-refractivity contribution in [3.05, 3.63) is 66.5 Å². The number of carbonyl (C=O) groups excluding carboxylic acids is 1. The third-order valence-electron chi connectivity index (χ3n) is 5.40. The van der Waals surface area contributed by atoms with Crippen molar-refractivity contribution in [2.24, 2.45) is 0 Å². The van der Waals surface area contributed by atoms with E-state index in [1.54, 1.807) is 0 Å². The summed E-state index contributed by atoms with van der Waals surface area (Å²) >= 11 is 0.913. The van der Waals surface area contributed by atoms with E-state index in [1.807, 2.05) is 30.3 Å². The number of amides is 1. The van der Waals surface area contributed by atoms with Gasteiger partial charge < -0.3 is 10.2 Å². The molecule has 1 amide bonds. The number of carbonyl (C=O) groups is 1. The summed E-state index contributed by atoms with van der Waals surface area (Å²) in [4.78, 5) is 17.0. The summed E-state index contributed by atoms with van der Waals surface area (Å²) in [5.74, 6) is -0.393. The highest BCUT2D eigenvalue weighted by Gasteiger charge is 2.29. The fourth-order valence-corrected chi connectivity index (χ4v) is 4.46. The Bertz CT molecular complexity index is 1070. The maximum Gasteiger partial charge on any atom is 0.406 e. The van der Waals surface area contributed by atoms with Crippen LogP contribution in [0.25, 0.3) is 0 Å². The predicted octanol–water partition coefficient (Wildman–Crippen LogP) is 3.89. The molecule has 34 heavy (non-hydrogen) atoms. The summed E-state index contributed by atoms with van der Waals surface area (Å²) < 4.78 is 38.6. The Morgan fingerprint density at radius 2 is 1.71 bits per heavy atom. The van der Waals surface area contributed by atoms with Gasteiger partial charge in [0.1, 0.15) is 12.9 Å². The van der Waals surface area contributed by atoms with Crippen molar-refractivity contribution in [1.29, 1.82) is 0 Å². The number of hydrogen-bond acceptors (Lipinski definition) is 6. The van der Waals surface area contributed by atoms with Crippen LogP contribution in [0.5, 0.6) is 0 Å². The third kappa shape index (κ3) is 6.97. The molecule has 1 fully saturated rings. The molecule has 2 heterocycles. The molecule has 1 aromatic heterocycles. The zero-order valence-electron chi connectivity index (χ0n) is 18.4. The van der Waals surface area contributed by atoms with E-state index in [-0.39, 0.29) is 16.8 Å². The Kier molecular flexibility index (Phi) is 7.73. The summed E-state index contributed by atoms with van der Waals surface area (Å²) in [7, 11) is 0. The first kappa shape index (κ1) is 24.1. The number of benzene rings is 2. The predicted molar refractivity (Wildman–Crippen MR) is 126 cm³/mol. The number of aromatic nitrogens is 3. The van der Waals surface area contributed by atoms with Crippen LogP contribution in [0, 0.1) is 0 Å². The fourth-order valence-electron chi connectivity index (χ4n) is 3.75. The molecule has 4 rings (SSSR count). The first-order valence-electron chi connectivity index (χ1n) is 10.8. The maximum absolute atomic E-state index is 12.6. The molecule has 0 saturated carbocycles. The number of hydrogen-bond donors (Lipinski definition) is 1. The molecule has 0 aliphatic carbocycles. The lowest BCUT2D eigenvalue weighted by Crippen LogP contribution is -2.45. The van der Waals surface area contributed by atoms with Crippen LogP contribution in [0.1, 0.15) is 5.56 Å². The standard InChI is InChI=1S/C23H25F3N6OS/c24-23(25,26)16-32-17-27-29-22(32)34-15-21(33)28-19-6-8-20(9-7-19)31-12-10-30(11-13-31)14-18-4-2-1-3-5-18/h1-9,17H,10-16H2,(H,28,33). The SMILES string of the molecule is O=C(CSc1nncn1CC(F)(F)F)Nc1ccc(N2CCN(Cc3ccccc3)CC2)cc1. The van der Waals surface area contributed by atoms with Crippen LogP contribution in [-0.2, 0) is 17.9 Å². The van der Waals surface area contributed by atoms with E-state index in [1.165, 1.54) is 5.56 Å². The van der Waals surface area contributed by atoms with Crippen LogP contribution in [0.15, 0.2) is 66.1 Å².